The normalized spacial score (nSPS) is 44.0. The van der Waals surface area contributed by atoms with Crippen molar-refractivity contribution < 1.29 is 49.3 Å². The summed E-state index contributed by atoms with van der Waals surface area (Å²) in [7, 11) is 0. The Hall–Kier alpha value is -1.38. The van der Waals surface area contributed by atoms with Gasteiger partial charge in [0.1, 0.15) is 36.6 Å². The summed E-state index contributed by atoms with van der Waals surface area (Å²) in [6.45, 7) is 3.39. The van der Waals surface area contributed by atoms with Crippen LogP contribution in [0.5, 0.6) is 0 Å². The minimum absolute atomic E-state index is 0.430. The summed E-state index contributed by atoms with van der Waals surface area (Å²) in [6.07, 6.45) is -11.0. The van der Waals surface area contributed by atoms with E-state index in [1.165, 1.54) is 13.8 Å². The molecule has 2 heterocycles. The van der Waals surface area contributed by atoms with Crippen molar-refractivity contribution in [2.45, 2.75) is 82.1 Å². The fraction of sp³-hybridized carbons (Fsp3) is 0.875. The summed E-state index contributed by atoms with van der Waals surface area (Å²) in [5, 5.41) is 54.6. The minimum atomic E-state index is -1.69. The standard InChI is InChI=1S/C16H28N2O10/c1-5-9(17-6(2)20)14(10(15(25)26-5)18-7(3)21)28-16-13(24)12(23)11(22)8(4-19)27-16/h5,8-16,19,22-25H,4H2,1-3H3,(H,17,20)(H,18,21)/t5-,8-,9-,10-,11+,12+,13-,14+,15-,16-/m1/s1. The van der Waals surface area contributed by atoms with E-state index in [-0.39, 0.29) is 0 Å². The molecule has 0 saturated carbocycles. The molecule has 0 aromatic carbocycles. The zero-order chi connectivity index (χ0) is 21.2. The lowest BCUT2D eigenvalue weighted by Crippen LogP contribution is -2.69. The van der Waals surface area contributed by atoms with Crippen LogP contribution in [0, 0.1) is 0 Å². The van der Waals surface area contributed by atoms with Crippen LogP contribution in [0.25, 0.3) is 0 Å². The highest BCUT2D eigenvalue weighted by Gasteiger charge is 2.50. The highest BCUT2D eigenvalue weighted by molar-refractivity contribution is 5.74. The van der Waals surface area contributed by atoms with Crippen molar-refractivity contribution in [3.63, 3.8) is 0 Å². The van der Waals surface area contributed by atoms with Gasteiger partial charge in [0.15, 0.2) is 12.6 Å². The van der Waals surface area contributed by atoms with Crippen LogP contribution in [0.1, 0.15) is 20.8 Å². The van der Waals surface area contributed by atoms with Gasteiger partial charge in [0.2, 0.25) is 11.8 Å². The lowest BCUT2D eigenvalue weighted by Gasteiger charge is -2.47. The van der Waals surface area contributed by atoms with E-state index in [4.69, 9.17) is 14.2 Å². The second-order valence-electron chi connectivity index (χ2n) is 6.98. The Morgan fingerprint density at radius 2 is 1.50 bits per heavy atom. The lowest BCUT2D eigenvalue weighted by atomic mass is 9.93. The molecule has 10 atom stereocenters. The Morgan fingerprint density at radius 3 is 2.04 bits per heavy atom. The van der Waals surface area contributed by atoms with Crippen molar-refractivity contribution in [1.82, 2.24) is 10.6 Å². The average Bonchev–Trinajstić information content (AvgIpc) is 2.61. The Kier molecular flexibility index (Phi) is 7.70. The number of hydrogen-bond donors (Lipinski definition) is 7. The first-order valence-corrected chi connectivity index (χ1v) is 8.90. The summed E-state index contributed by atoms with van der Waals surface area (Å²) in [6, 6.07) is -2.00. The predicted molar refractivity (Wildman–Crippen MR) is 90.4 cm³/mol. The molecule has 2 aliphatic rings. The van der Waals surface area contributed by atoms with E-state index in [1.54, 1.807) is 6.92 Å². The number of carbonyl (C=O) groups is 2. The molecule has 7 N–H and O–H groups in total. The Bertz CT molecular complexity index is 534. The van der Waals surface area contributed by atoms with Crippen molar-refractivity contribution in [1.29, 1.82) is 0 Å². The quantitative estimate of drug-likeness (QED) is 0.236. The van der Waals surface area contributed by atoms with Crippen LogP contribution in [-0.2, 0) is 23.8 Å². The third-order valence-electron chi connectivity index (χ3n) is 4.75. The van der Waals surface area contributed by atoms with Gasteiger partial charge < -0.3 is 50.4 Å². The molecule has 0 bridgehead atoms. The summed E-state index contributed by atoms with van der Waals surface area (Å²) in [5.41, 5.74) is 0. The third kappa shape index (κ3) is 4.96. The molecule has 2 rings (SSSR count). The summed E-state index contributed by atoms with van der Waals surface area (Å²) >= 11 is 0. The molecule has 0 radical (unpaired) electrons. The number of hydrogen-bond acceptors (Lipinski definition) is 10. The molecular weight excluding hydrogens is 380 g/mol. The summed E-state index contributed by atoms with van der Waals surface area (Å²) in [4.78, 5) is 23.2. The lowest BCUT2D eigenvalue weighted by molar-refractivity contribution is -0.329. The summed E-state index contributed by atoms with van der Waals surface area (Å²) < 4.78 is 16.4. The van der Waals surface area contributed by atoms with Crippen LogP contribution in [0.4, 0.5) is 0 Å². The van der Waals surface area contributed by atoms with Crippen LogP contribution < -0.4 is 10.6 Å². The van der Waals surface area contributed by atoms with Gasteiger partial charge in [-0.25, -0.2) is 0 Å². The molecule has 2 fully saturated rings. The Labute approximate surface area is 161 Å². The highest BCUT2D eigenvalue weighted by Crippen LogP contribution is 2.28. The van der Waals surface area contributed by atoms with Gasteiger partial charge in [-0.2, -0.15) is 0 Å². The monoisotopic (exact) mass is 408 g/mol. The maximum atomic E-state index is 11.6. The fourth-order valence-corrected chi connectivity index (χ4v) is 3.37. The van der Waals surface area contributed by atoms with Gasteiger partial charge in [-0.05, 0) is 6.92 Å². The molecular formula is C16H28N2O10. The number of amides is 2. The zero-order valence-electron chi connectivity index (χ0n) is 15.8. The van der Waals surface area contributed by atoms with Gasteiger partial charge in [-0.15, -0.1) is 0 Å². The van der Waals surface area contributed by atoms with E-state index in [2.05, 4.69) is 10.6 Å². The number of carbonyl (C=O) groups excluding carboxylic acids is 2. The van der Waals surface area contributed by atoms with E-state index in [9.17, 15) is 35.1 Å². The van der Waals surface area contributed by atoms with Gasteiger partial charge in [0.05, 0.1) is 18.8 Å². The maximum Gasteiger partial charge on any atom is 0.217 e. The van der Waals surface area contributed by atoms with Crippen molar-refractivity contribution in [3.05, 3.63) is 0 Å². The van der Waals surface area contributed by atoms with E-state index >= 15 is 0 Å². The van der Waals surface area contributed by atoms with E-state index in [1.807, 2.05) is 0 Å². The molecule has 2 aliphatic heterocycles. The molecule has 162 valence electrons. The van der Waals surface area contributed by atoms with Crippen molar-refractivity contribution >= 4 is 11.8 Å². The van der Waals surface area contributed by atoms with Gasteiger partial charge in [0, 0.05) is 13.8 Å². The van der Waals surface area contributed by atoms with Gasteiger partial charge in [-0.3, -0.25) is 9.59 Å². The van der Waals surface area contributed by atoms with Crippen LogP contribution in [0.3, 0.4) is 0 Å². The van der Waals surface area contributed by atoms with E-state index < -0.39 is 79.7 Å². The second kappa shape index (κ2) is 9.41. The van der Waals surface area contributed by atoms with Crippen molar-refractivity contribution in [2.24, 2.45) is 0 Å². The molecule has 12 heteroatoms. The van der Waals surface area contributed by atoms with Gasteiger partial charge >= 0.3 is 0 Å². The van der Waals surface area contributed by atoms with Crippen molar-refractivity contribution in [2.75, 3.05) is 6.61 Å². The SMILES string of the molecule is CC(=O)N[C@@H]1[C@@H](O[C@H]2O[C@H](CO)[C@H](O)[C@H](O)[C@H]2O)[C@H](NC(C)=O)[C@@H](C)O[C@H]1O. The molecule has 2 amide bonds. The second-order valence-corrected chi connectivity index (χ2v) is 6.98. The van der Waals surface area contributed by atoms with Crippen molar-refractivity contribution in [3.8, 4) is 0 Å². The first kappa shape index (κ1) is 22.9. The molecule has 2 saturated heterocycles. The van der Waals surface area contributed by atoms with Gasteiger partial charge in [0.25, 0.3) is 0 Å². The number of ether oxygens (including phenoxy) is 3. The predicted octanol–water partition coefficient (Wildman–Crippen LogP) is -4.08. The largest absolute Gasteiger partial charge is 0.394 e. The van der Waals surface area contributed by atoms with Gasteiger partial charge in [-0.1, -0.05) is 0 Å². The number of aliphatic hydroxyl groups is 5. The fourth-order valence-electron chi connectivity index (χ4n) is 3.37. The maximum absolute atomic E-state index is 11.6. The highest BCUT2D eigenvalue weighted by atomic mass is 16.7. The molecule has 0 aromatic rings. The molecule has 0 unspecified atom stereocenters. The summed E-state index contributed by atoms with van der Waals surface area (Å²) in [5.74, 6) is -0.938. The topological polar surface area (TPSA) is 187 Å². The minimum Gasteiger partial charge on any atom is -0.394 e. The van der Waals surface area contributed by atoms with Crippen LogP contribution in [0.15, 0.2) is 0 Å². The zero-order valence-corrected chi connectivity index (χ0v) is 15.8. The van der Waals surface area contributed by atoms with E-state index in [0.717, 1.165) is 0 Å². The Morgan fingerprint density at radius 1 is 0.929 bits per heavy atom. The Balaban J connectivity index is 2.30. The third-order valence-corrected chi connectivity index (χ3v) is 4.75. The average molecular weight is 408 g/mol. The van der Waals surface area contributed by atoms with Crippen LogP contribution in [-0.4, -0.2) is 105 Å². The molecule has 0 aromatic heterocycles. The molecule has 0 spiro atoms. The van der Waals surface area contributed by atoms with Crippen LogP contribution >= 0.6 is 0 Å². The molecule has 28 heavy (non-hydrogen) atoms. The first-order valence-electron chi connectivity index (χ1n) is 8.90. The molecule has 0 aliphatic carbocycles. The van der Waals surface area contributed by atoms with Crippen LogP contribution in [0.2, 0.25) is 0 Å². The number of rotatable bonds is 5. The first-order chi connectivity index (χ1) is 13.1. The number of aliphatic hydroxyl groups excluding tert-OH is 5. The smallest absolute Gasteiger partial charge is 0.217 e. The molecule has 12 nitrogen and oxygen atoms in total. The number of nitrogens with one attached hydrogen (secondary N) is 2. The van der Waals surface area contributed by atoms with E-state index in [0.29, 0.717) is 0 Å².